The summed E-state index contributed by atoms with van der Waals surface area (Å²) in [6.45, 7) is 2.19. The average molecular weight is 419 g/mol. The average Bonchev–Trinajstić information content (AvgIpc) is 3.29. The summed E-state index contributed by atoms with van der Waals surface area (Å²) in [6, 6.07) is 14.4. The van der Waals surface area contributed by atoms with E-state index in [0.29, 0.717) is 6.42 Å². The summed E-state index contributed by atoms with van der Waals surface area (Å²) in [5.41, 5.74) is 4.29. The number of nitrogens with zero attached hydrogens (tertiary/aromatic N) is 2. The first-order chi connectivity index (χ1) is 14.9. The smallest absolute Gasteiger partial charge is 0.123 e. The van der Waals surface area contributed by atoms with Crippen LogP contribution in [0.15, 0.2) is 60.3 Å². The minimum atomic E-state index is -0.782. The normalized spacial score (nSPS) is 24.5. The Balaban J connectivity index is 1.44. The third kappa shape index (κ3) is 3.19. The molecule has 1 saturated carbocycles. The summed E-state index contributed by atoms with van der Waals surface area (Å²) >= 11 is 0. The summed E-state index contributed by atoms with van der Waals surface area (Å²) < 4.78 is 20.7. The van der Waals surface area contributed by atoms with E-state index in [9.17, 15) is 9.50 Å². The number of aromatic nitrogens is 2. The Morgan fingerprint density at radius 2 is 1.94 bits per heavy atom. The van der Waals surface area contributed by atoms with Gasteiger partial charge in [-0.1, -0.05) is 30.7 Å². The number of para-hydroxylation sites is 1. The maximum absolute atomic E-state index is 13.3. The Hall–Kier alpha value is -2.92. The van der Waals surface area contributed by atoms with Crippen LogP contribution in [0.1, 0.15) is 43.0 Å². The van der Waals surface area contributed by atoms with Gasteiger partial charge >= 0.3 is 0 Å². The Morgan fingerprint density at radius 3 is 2.71 bits per heavy atom. The number of hydrogen-bond donors (Lipinski definition) is 1. The molecule has 5 heteroatoms. The summed E-state index contributed by atoms with van der Waals surface area (Å²) in [5, 5.41) is 16.4. The largest absolute Gasteiger partial charge is 0.496 e. The summed E-state index contributed by atoms with van der Waals surface area (Å²) in [6.07, 6.45) is 7.89. The molecule has 2 atom stereocenters. The molecule has 0 spiro atoms. The van der Waals surface area contributed by atoms with Gasteiger partial charge in [-0.05, 0) is 79.6 Å². The highest BCUT2D eigenvalue weighted by atomic mass is 19.1. The highest BCUT2D eigenvalue weighted by Gasteiger charge is 2.54. The first kappa shape index (κ1) is 20.0. The van der Waals surface area contributed by atoms with Gasteiger partial charge in [0.2, 0.25) is 0 Å². The van der Waals surface area contributed by atoms with Crippen molar-refractivity contribution in [2.45, 2.75) is 44.6 Å². The van der Waals surface area contributed by atoms with Gasteiger partial charge in [0.1, 0.15) is 11.6 Å². The van der Waals surface area contributed by atoms with Gasteiger partial charge in [-0.25, -0.2) is 9.07 Å². The molecular weight excluding hydrogens is 391 g/mol. The standard InChI is InChI=1S/C26H27FN2O2/c1-25-16-19-17-28-29(22-9-7-21(27)8-10-22)23(19)15-20(25)12-14-26(25,30)13-11-18-5-3-4-6-24(18)31-2/h3-10,15,17,30H,11-14,16H2,1-2H3/t25-,26-/m0/s1. The summed E-state index contributed by atoms with van der Waals surface area (Å²) in [7, 11) is 1.69. The van der Waals surface area contributed by atoms with E-state index in [1.54, 1.807) is 19.2 Å². The van der Waals surface area contributed by atoms with Crippen LogP contribution >= 0.6 is 0 Å². The molecule has 1 aromatic heterocycles. The Bertz CT molecular complexity index is 1150. The van der Waals surface area contributed by atoms with Crippen molar-refractivity contribution in [1.82, 2.24) is 9.78 Å². The van der Waals surface area contributed by atoms with Crippen LogP contribution in [-0.4, -0.2) is 27.6 Å². The van der Waals surface area contributed by atoms with Crippen molar-refractivity contribution in [1.29, 1.82) is 0 Å². The van der Waals surface area contributed by atoms with Crippen LogP contribution in [0.3, 0.4) is 0 Å². The van der Waals surface area contributed by atoms with Crippen molar-refractivity contribution in [3.05, 3.63) is 82.9 Å². The summed E-state index contributed by atoms with van der Waals surface area (Å²) in [5.74, 6) is 0.614. The quantitative estimate of drug-likeness (QED) is 0.625. The molecule has 1 fully saturated rings. The zero-order chi connectivity index (χ0) is 21.6. The lowest BCUT2D eigenvalue weighted by Crippen LogP contribution is -2.45. The molecule has 160 valence electrons. The van der Waals surface area contributed by atoms with Crippen LogP contribution in [0.25, 0.3) is 11.8 Å². The fraction of sp³-hybridized carbons (Fsp3) is 0.346. The third-order valence-corrected chi connectivity index (χ3v) is 7.36. The molecule has 3 aromatic rings. The van der Waals surface area contributed by atoms with Gasteiger partial charge in [-0.2, -0.15) is 5.10 Å². The van der Waals surface area contributed by atoms with Crippen molar-refractivity contribution in [3.8, 4) is 11.4 Å². The van der Waals surface area contributed by atoms with Gasteiger partial charge in [-0.15, -0.1) is 0 Å². The van der Waals surface area contributed by atoms with Gasteiger partial charge < -0.3 is 9.84 Å². The van der Waals surface area contributed by atoms with Crippen LogP contribution in [0.5, 0.6) is 5.75 Å². The molecule has 4 nitrogen and oxygen atoms in total. The van der Waals surface area contributed by atoms with Crippen molar-refractivity contribution in [2.24, 2.45) is 5.41 Å². The van der Waals surface area contributed by atoms with Crippen molar-refractivity contribution >= 4 is 6.08 Å². The molecule has 0 bridgehead atoms. The zero-order valence-electron chi connectivity index (χ0n) is 17.9. The number of fused-ring (bicyclic) bond motifs is 2. The highest BCUT2D eigenvalue weighted by Crippen LogP contribution is 2.57. The minimum absolute atomic E-state index is 0.258. The molecule has 2 aromatic carbocycles. The van der Waals surface area contributed by atoms with Gasteiger partial charge in [0.15, 0.2) is 0 Å². The summed E-state index contributed by atoms with van der Waals surface area (Å²) in [4.78, 5) is 0. The van der Waals surface area contributed by atoms with E-state index in [-0.39, 0.29) is 11.2 Å². The van der Waals surface area contributed by atoms with E-state index in [0.717, 1.165) is 53.9 Å². The molecule has 1 N–H and O–H groups in total. The number of aliphatic hydroxyl groups is 1. The maximum atomic E-state index is 13.3. The van der Waals surface area contributed by atoms with Crippen LogP contribution < -0.4 is 4.74 Å². The van der Waals surface area contributed by atoms with Crippen molar-refractivity contribution < 1.29 is 14.2 Å². The number of rotatable bonds is 5. The molecule has 1 heterocycles. The number of halogens is 1. The van der Waals surface area contributed by atoms with Gasteiger partial charge in [-0.3, -0.25) is 0 Å². The lowest BCUT2D eigenvalue weighted by molar-refractivity contribution is -0.0462. The fourth-order valence-electron chi connectivity index (χ4n) is 5.37. The van der Waals surface area contributed by atoms with Gasteiger partial charge in [0.05, 0.1) is 30.3 Å². The van der Waals surface area contributed by atoms with Crippen molar-refractivity contribution in [2.75, 3.05) is 7.11 Å². The number of methoxy groups -OCH3 is 1. The molecule has 5 rings (SSSR count). The predicted molar refractivity (Wildman–Crippen MR) is 119 cm³/mol. The molecule has 31 heavy (non-hydrogen) atoms. The molecule has 0 aliphatic heterocycles. The third-order valence-electron chi connectivity index (χ3n) is 7.36. The van der Waals surface area contributed by atoms with Crippen LogP contribution in [0, 0.1) is 11.2 Å². The first-order valence-electron chi connectivity index (χ1n) is 10.8. The van der Waals surface area contributed by atoms with E-state index >= 15 is 0 Å². The molecule has 2 aliphatic rings. The maximum Gasteiger partial charge on any atom is 0.123 e. The van der Waals surface area contributed by atoms with Crippen LogP contribution in [-0.2, 0) is 12.8 Å². The minimum Gasteiger partial charge on any atom is -0.496 e. The molecular formula is C26H27FN2O2. The van der Waals surface area contributed by atoms with Gasteiger partial charge in [0, 0.05) is 5.41 Å². The Labute approximate surface area is 182 Å². The zero-order valence-corrected chi connectivity index (χ0v) is 17.9. The first-order valence-corrected chi connectivity index (χ1v) is 10.8. The number of benzene rings is 2. The Morgan fingerprint density at radius 1 is 1.16 bits per heavy atom. The van der Waals surface area contributed by atoms with E-state index in [1.165, 1.54) is 17.7 Å². The fourth-order valence-corrected chi connectivity index (χ4v) is 5.37. The second-order valence-corrected chi connectivity index (χ2v) is 8.97. The molecule has 0 radical (unpaired) electrons. The lowest BCUT2D eigenvalue weighted by atomic mass is 9.65. The van der Waals surface area contributed by atoms with Crippen LogP contribution in [0.2, 0.25) is 0 Å². The topological polar surface area (TPSA) is 47.3 Å². The predicted octanol–water partition coefficient (Wildman–Crippen LogP) is 5.12. The highest BCUT2D eigenvalue weighted by molar-refractivity contribution is 5.62. The Kier molecular flexibility index (Phi) is 4.74. The van der Waals surface area contributed by atoms with Gasteiger partial charge in [0.25, 0.3) is 0 Å². The number of ether oxygens (including phenoxy) is 1. The van der Waals surface area contributed by atoms with Crippen LogP contribution in [0.4, 0.5) is 4.39 Å². The SMILES string of the molecule is COc1ccccc1CC[C@]1(O)CCC2=Cc3c(cnn3-c3ccc(F)cc3)C[C@@]21C. The van der Waals surface area contributed by atoms with Crippen molar-refractivity contribution in [3.63, 3.8) is 0 Å². The molecule has 2 aliphatic carbocycles. The van der Waals surface area contributed by atoms with E-state index in [1.807, 2.05) is 29.1 Å². The second kappa shape index (κ2) is 7.34. The lowest BCUT2D eigenvalue weighted by Gasteiger charge is -2.42. The van der Waals surface area contributed by atoms with E-state index < -0.39 is 5.60 Å². The monoisotopic (exact) mass is 418 g/mol. The number of aryl methyl sites for hydroxylation is 1. The molecule has 0 saturated heterocycles. The van der Waals surface area contributed by atoms with E-state index in [2.05, 4.69) is 24.2 Å². The second-order valence-electron chi connectivity index (χ2n) is 8.97. The molecule has 0 unspecified atom stereocenters. The number of hydrogen-bond acceptors (Lipinski definition) is 3. The molecule has 0 amide bonds. The van der Waals surface area contributed by atoms with E-state index in [4.69, 9.17) is 4.74 Å².